The molecule has 29 heavy (non-hydrogen) atoms. The number of hydrogen-bond donors (Lipinski definition) is 0. The van der Waals surface area contributed by atoms with Crippen LogP contribution in [0.25, 0.3) is 11.0 Å². The molecule has 0 atom stereocenters. The van der Waals surface area contributed by atoms with E-state index in [2.05, 4.69) is 9.97 Å². The number of aromatic nitrogens is 3. The number of imidazole rings is 1. The highest BCUT2D eigenvalue weighted by molar-refractivity contribution is 6.01. The van der Waals surface area contributed by atoms with Gasteiger partial charge in [0.15, 0.2) is 0 Å². The Balaban J connectivity index is 1.56. The summed E-state index contributed by atoms with van der Waals surface area (Å²) in [6, 6.07) is 17.3. The summed E-state index contributed by atoms with van der Waals surface area (Å²) in [6.45, 7) is 1.99. The molecule has 0 bridgehead atoms. The van der Waals surface area contributed by atoms with Gasteiger partial charge in [-0.2, -0.15) is 0 Å². The number of ether oxygens (including phenoxy) is 2. The minimum atomic E-state index is -0.505. The zero-order chi connectivity index (χ0) is 20.2. The Morgan fingerprint density at radius 3 is 2.55 bits per heavy atom. The van der Waals surface area contributed by atoms with E-state index in [0.29, 0.717) is 11.3 Å². The fraction of sp³-hybridized carbons (Fsp3) is 0.0909. The van der Waals surface area contributed by atoms with Crippen LogP contribution in [0.3, 0.4) is 0 Å². The number of benzene rings is 2. The number of nitrogens with zero attached hydrogens (tertiary/aromatic N) is 3. The Hall–Kier alpha value is -4.00. The molecule has 144 valence electrons. The van der Waals surface area contributed by atoms with E-state index >= 15 is 0 Å². The first-order valence-corrected chi connectivity index (χ1v) is 9.04. The van der Waals surface area contributed by atoms with Crippen LogP contribution in [0.4, 0.5) is 0 Å². The average molecular weight is 387 g/mol. The quantitative estimate of drug-likeness (QED) is 0.480. The van der Waals surface area contributed by atoms with Gasteiger partial charge < -0.3 is 9.47 Å². The second-order valence-electron chi connectivity index (χ2n) is 6.11. The number of carbonyl (C=O) groups excluding carboxylic acids is 2. The van der Waals surface area contributed by atoms with Crippen molar-refractivity contribution < 1.29 is 19.1 Å². The molecule has 0 saturated heterocycles. The first-order valence-electron chi connectivity index (χ1n) is 9.04. The number of rotatable bonds is 5. The van der Waals surface area contributed by atoms with Crippen molar-refractivity contribution in [2.24, 2.45) is 0 Å². The molecule has 0 fully saturated rings. The Morgan fingerprint density at radius 1 is 0.966 bits per heavy atom. The molecule has 4 rings (SSSR count). The van der Waals surface area contributed by atoms with Crippen LogP contribution in [0.1, 0.15) is 27.6 Å². The molecule has 7 heteroatoms. The summed E-state index contributed by atoms with van der Waals surface area (Å²) in [7, 11) is 0. The molecule has 2 aromatic heterocycles. The lowest BCUT2D eigenvalue weighted by Crippen LogP contribution is -2.10. The molecule has 0 radical (unpaired) electrons. The van der Waals surface area contributed by atoms with E-state index in [1.165, 1.54) is 17.1 Å². The van der Waals surface area contributed by atoms with E-state index in [4.69, 9.17) is 9.47 Å². The minimum Gasteiger partial charge on any atom is -0.462 e. The predicted molar refractivity (Wildman–Crippen MR) is 106 cm³/mol. The van der Waals surface area contributed by atoms with E-state index < -0.39 is 5.97 Å². The number of esters is 1. The van der Waals surface area contributed by atoms with Crippen LogP contribution < -0.4 is 4.74 Å². The van der Waals surface area contributed by atoms with Crippen LogP contribution in [-0.2, 0) is 4.74 Å². The topological polar surface area (TPSA) is 83.3 Å². The minimum absolute atomic E-state index is 0.144. The van der Waals surface area contributed by atoms with Crippen molar-refractivity contribution in [1.29, 1.82) is 0 Å². The van der Waals surface area contributed by atoms with Crippen molar-refractivity contribution in [1.82, 2.24) is 14.5 Å². The highest BCUT2D eigenvalue weighted by Gasteiger charge is 2.16. The van der Waals surface area contributed by atoms with Gasteiger partial charge in [-0.25, -0.2) is 14.8 Å². The molecule has 0 saturated carbocycles. The standard InChI is InChI=1S/C22H17N3O4/c1-2-28-22(27)17-6-5-13-23-20(17)29-16-11-9-15(10-12-16)21(26)25-14-24-18-7-3-4-8-19(18)25/h3-14H,2H2,1H3. The van der Waals surface area contributed by atoms with Crippen LogP contribution in [0.2, 0.25) is 0 Å². The molecular formula is C22H17N3O4. The summed E-state index contributed by atoms with van der Waals surface area (Å²) in [5.74, 6) is -0.114. The van der Waals surface area contributed by atoms with Crippen LogP contribution >= 0.6 is 0 Å². The maximum absolute atomic E-state index is 12.8. The second-order valence-corrected chi connectivity index (χ2v) is 6.11. The fourth-order valence-electron chi connectivity index (χ4n) is 2.87. The van der Waals surface area contributed by atoms with Crippen molar-refractivity contribution >= 4 is 22.9 Å². The van der Waals surface area contributed by atoms with Crippen LogP contribution in [-0.4, -0.2) is 33.0 Å². The molecular weight excluding hydrogens is 370 g/mol. The number of fused-ring (bicyclic) bond motifs is 1. The largest absolute Gasteiger partial charge is 0.462 e. The number of carbonyl (C=O) groups is 2. The van der Waals surface area contributed by atoms with Crippen molar-refractivity contribution in [3.8, 4) is 11.6 Å². The highest BCUT2D eigenvalue weighted by Crippen LogP contribution is 2.24. The van der Waals surface area contributed by atoms with Gasteiger partial charge in [0.05, 0.1) is 17.6 Å². The van der Waals surface area contributed by atoms with Crippen LogP contribution in [0.15, 0.2) is 73.2 Å². The molecule has 0 aliphatic rings. The molecule has 0 amide bonds. The van der Waals surface area contributed by atoms with E-state index in [-0.39, 0.29) is 24.0 Å². The normalized spacial score (nSPS) is 10.7. The Kier molecular flexibility index (Phi) is 5.03. The summed E-state index contributed by atoms with van der Waals surface area (Å²) in [5.41, 5.74) is 2.21. The van der Waals surface area contributed by atoms with Crippen molar-refractivity contribution in [3.63, 3.8) is 0 Å². The third-order valence-corrected chi connectivity index (χ3v) is 4.25. The number of hydrogen-bond acceptors (Lipinski definition) is 6. The van der Waals surface area contributed by atoms with Crippen LogP contribution in [0.5, 0.6) is 11.6 Å². The summed E-state index contributed by atoms with van der Waals surface area (Å²) < 4.78 is 12.3. The summed E-state index contributed by atoms with van der Waals surface area (Å²) >= 11 is 0. The molecule has 4 aromatic rings. The molecule has 0 aliphatic carbocycles. The van der Waals surface area contributed by atoms with E-state index in [0.717, 1.165) is 11.0 Å². The Labute approximate surface area is 166 Å². The third kappa shape index (κ3) is 3.70. The first-order chi connectivity index (χ1) is 14.2. The van der Waals surface area contributed by atoms with Gasteiger partial charge in [-0.15, -0.1) is 0 Å². The van der Waals surface area contributed by atoms with Gasteiger partial charge in [-0.05, 0) is 55.5 Å². The van der Waals surface area contributed by atoms with Crippen molar-refractivity contribution in [2.75, 3.05) is 6.61 Å². The predicted octanol–water partition coefficient (Wildman–Crippen LogP) is 4.09. The van der Waals surface area contributed by atoms with E-state index in [9.17, 15) is 9.59 Å². The van der Waals surface area contributed by atoms with Gasteiger partial charge in [0, 0.05) is 11.8 Å². The molecule has 0 unspecified atom stereocenters. The maximum Gasteiger partial charge on any atom is 0.343 e. The van der Waals surface area contributed by atoms with E-state index in [1.807, 2.05) is 24.3 Å². The monoisotopic (exact) mass is 387 g/mol. The summed E-state index contributed by atoms with van der Waals surface area (Å²) in [6.07, 6.45) is 3.04. The summed E-state index contributed by atoms with van der Waals surface area (Å²) in [4.78, 5) is 33.2. The Bertz CT molecular complexity index is 1180. The molecule has 7 nitrogen and oxygen atoms in total. The van der Waals surface area contributed by atoms with Gasteiger partial charge in [-0.3, -0.25) is 9.36 Å². The zero-order valence-electron chi connectivity index (χ0n) is 15.6. The average Bonchev–Trinajstić information content (AvgIpc) is 3.18. The zero-order valence-corrected chi connectivity index (χ0v) is 15.6. The van der Waals surface area contributed by atoms with Gasteiger partial charge in [-0.1, -0.05) is 12.1 Å². The van der Waals surface area contributed by atoms with Gasteiger partial charge in [0.1, 0.15) is 17.6 Å². The molecule has 2 aromatic carbocycles. The number of pyridine rings is 1. The molecule has 0 N–H and O–H groups in total. The maximum atomic E-state index is 12.8. The van der Waals surface area contributed by atoms with E-state index in [1.54, 1.807) is 43.3 Å². The van der Waals surface area contributed by atoms with Gasteiger partial charge >= 0.3 is 5.97 Å². The fourth-order valence-corrected chi connectivity index (χ4v) is 2.87. The number of para-hydroxylation sites is 2. The van der Waals surface area contributed by atoms with Crippen molar-refractivity contribution in [2.45, 2.75) is 6.92 Å². The second kappa shape index (κ2) is 7.93. The molecule has 2 heterocycles. The third-order valence-electron chi connectivity index (χ3n) is 4.25. The van der Waals surface area contributed by atoms with Crippen molar-refractivity contribution in [3.05, 3.63) is 84.3 Å². The summed E-state index contributed by atoms with van der Waals surface area (Å²) in [5, 5.41) is 0. The highest BCUT2D eigenvalue weighted by atomic mass is 16.5. The molecule has 0 spiro atoms. The first kappa shape index (κ1) is 18.4. The van der Waals surface area contributed by atoms with Crippen LogP contribution in [0, 0.1) is 0 Å². The smallest absolute Gasteiger partial charge is 0.343 e. The lowest BCUT2D eigenvalue weighted by molar-refractivity contribution is 0.0522. The SMILES string of the molecule is CCOC(=O)c1cccnc1Oc1ccc(C(=O)n2cnc3ccccc32)cc1. The molecule has 0 aliphatic heterocycles. The lowest BCUT2D eigenvalue weighted by atomic mass is 10.2. The Morgan fingerprint density at radius 2 is 1.76 bits per heavy atom. The van der Waals surface area contributed by atoms with Gasteiger partial charge in [0.25, 0.3) is 5.91 Å². The lowest BCUT2D eigenvalue weighted by Gasteiger charge is -2.10. The van der Waals surface area contributed by atoms with Gasteiger partial charge in [0.2, 0.25) is 5.88 Å².